The second kappa shape index (κ2) is 8.75. The van der Waals surface area contributed by atoms with E-state index in [1.165, 1.54) is 49.0 Å². The molecular weight excluding hydrogens is 314 g/mol. The summed E-state index contributed by atoms with van der Waals surface area (Å²) in [6.07, 6.45) is 6.10. The standard InChI is InChI=1S/C25H37N/c1-7-9-20-25(5,6)26(22-13-11-10-12-14-22)23-17-15-21(16-18-23)24(3,4)19-8-2/h10-18H,7-9,19-20H2,1-6H3. The predicted octanol–water partition coefficient (Wildman–Crippen LogP) is 7.87. The van der Waals surface area contributed by atoms with Crippen molar-refractivity contribution in [2.45, 2.75) is 84.6 Å². The van der Waals surface area contributed by atoms with Gasteiger partial charge in [-0.25, -0.2) is 0 Å². The van der Waals surface area contributed by atoms with Crippen molar-refractivity contribution in [3.8, 4) is 0 Å². The molecule has 26 heavy (non-hydrogen) atoms. The molecule has 0 bridgehead atoms. The number of hydrogen-bond acceptors (Lipinski definition) is 1. The molecule has 0 amide bonds. The summed E-state index contributed by atoms with van der Waals surface area (Å²) in [5.74, 6) is 0. The summed E-state index contributed by atoms with van der Waals surface area (Å²) >= 11 is 0. The molecule has 0 aliphatic rings. The summed E-state index contributed by atoms with van der Waals surface area (Å²) in [5.41, 5.74) is 4.31. The van der Waals surface area contributed by atoms with E-state index in [9.17, 15) is 0 Å². The summed E-state index contributed by atoms with van der Waals surface area (Å²) in [4.78, 5) is 2.51. The Labute approximate surface area is 161 Å². The van der Waals surface area contributed by atoms with Gasteiger partial charge >= 0.3 is 0 Å². The molecule has 0 aliphatic carbocycles. The molecule has 142 valence electrons. The lowest BCUT2D eigenvalue weighted by Gasteiger charge is -2.41. The normalized spacial score (nSPS) is 12.2. The zero-order valence-electron chi connectivity index (χ0n) is 17.7. The minimum absolute atomic E-state index is 0.0812. The van der Waals surface area contributed by atoms with Crippen LogP contribution in [-0.4, -0.2) is 5.54 Å². The molecule has 2 rings (SSSR count). The third kappa shape index (κ3) is 4.90. The van der Waals surface area contributed by atoms with Gasteiger partial charge < -0.3 is 4.90 Å². The topological polar surface area (TPSA) is 3.24 Å². The molecule has 2 aromatic rings. The lowest BCUT2D eigenvalue weighted by atomic mass is 9.80. The van der Waals surface area contributed by atoms with Crippen LogP contribution in [0.3, 0.4) is 0 Å². The highest BCUT2D eigenvalue weighted by Gasteiger charge is 2.28. The second-order valence-electron chi connectivity index (χ2n) is 8.77. The van der Waals surface area contributed by atoms with Crippen molar-refractivity contribution in [3.63, 3.8) is 0 Å². The van der Waals surface area contributed by atoms with E-state index in [2.05, 4.69) is 101 Å². The Hall–Kier alpha value is -1.76. The van der Waals surface area contributed by atoms with Crippen LogP contribution >= 0.6 is 0 Å². The van der Waals surface area contributed by atoms with E-state index in [-0.39, 0.29) is 11.0 Å². The van der Waals surface area contributed by atoms with Crippen LogP contribution in [0.1, 0.15) is 79.2 Å². The molecule has 0 fully saturated rings. The van der Waals surface area contributed by atoms with Gasteiger partial charge in [-0.2, -0.15) is 0 Å². The Bertz CT molecular complexity index is 652. The lowest BCUT2D eigenvalue weighted by molar-refractivity contribution is 0.445. The minimum atomic E-state index is 0.0812. The molecule has 1 nitrogen and oxygen atoms in total. The maximum Gasteiger partial charge on any atom is 0.0416 e. The highest BCUT2D eigenvalue weighted by Crippen LogP contribution is 2.37. The first kappa shape index (κ1) is 20.6. The highest BCUT2D eigenvalue weighted by atomic mass is 15.2. The quantitative estimate of drug-likeness (QED) is 0.444. The molecule has 0 radical (unpaired) electrons. The van der Waals surface area contributed by atoms with E-state index >= 15 is 0 Å². The fourth-order valence-electron chi connectivity index (χ4n) is 3.98. The van der Waals surface area contributed by atoms with Gasteiger partial charge in [-0.3, -0.25) is 0 Å². The van der Waals surface area contributed by atoms with Gasteiger partial charge in [-0.15, -0.1) is 0 Å². The Kier molecular flexibility index (Phi) is 6.92. The monoisotopic (exact) mass is 351 g/mol. The molecule has 0 atom stereocenters. The second-order valence-corrected chi connectivity index (χ2v) is 8.77. The number of hydrogen-bond donors (Lipinski definition) is 0. The molecular formula is C25H37N. The molecule has 0 aliphatic heterocycles. The lowest BCUT2D eigenvalue weighted by Crippen LogP contribution is -2.40. The first-order valence-corrected chi connectivity index (χ1v) is 10.3. The van der Waals surface area contributed by atoms with E-state index in [1.54, 1.807) is 0 Å². The van der Waals surface area contributed by atoms with Gasteiger partial charge in [0.1, 0.15) is 0 Å². The third-order valence-corrected chi connectivity index (χ3v) is 5.54. The van der Waals surface area contributed by atoms with Crippen molar-refractivity contribution in [3.05, 3.63) is 60.2 Å². The summed E-state index contributed by atoms with van der Waals surface area (Å²) in [5, 5.41) is 0. The number of unbranched alkanes of at least 4 members (excludes halogenated alkanes) is 1. The Balaban J connectivity index is 2.40. The van der Waals surface area contributed by atoms with E-state index < -0.39 is 0 Å². The largest absolute Gasteiger partial charge is 0.336 e. The van der Waals surface area contributed by atoms with Gasteiger partial charge in [0.25, 0.3) is 0 Å². The van der Waals surface area contributed by atoms with Crippen molar-refractivity contribution in [2.75, 3.05) is 4.90 Å². The summed E-state index contributed by atoms with van der Waals surface area (Å²) < 4.78 is 0. The van der Waals surface area contributed by atoms with E-state index in [0.29, 0.717) is 0 Å². The summed E-state index contributed by atoms with van der Waals surface area (Å²) in [6, 6.07) is 20.1. The molecule has 0 saturated heterocycles. The van der Waals surface area contributed by atoms with Gasteiger partial charge in [0.05, 0.1) is 0 Å². The average Bonchev–Trinajstić information content (AvgIpc) is 2.61. The van der Waals surface area contributed by atoms with E-state index in [4.69, 9.17) is 0 Å². The van der Waals surface area contributed by atoms with Crippen LogP contribution < -0.4 is 4.90 Å². The van der Waals surface area contributed by atoms with Gasteiger partial charge in [0.2, 0.25) is 0 Å². The van der Waals surface area contributed by atoms with Crippen LogP contribution in [0.25, 0.3) is 0 Å². The zero-order valence-corrected chi connectivity index (χ0v) is 17.7. The van der Waals surface area contributed by atoms with Crippen molar-refractivity contribution in [1.82, 2.24) is 0 Å². The van der Waals surface area contributed by atoms with E-state index in [1.807, 2.05) is 0 Å². The van der Waals surface area contributed by atoms with E-state index in [0.717, 1.165) is 0 Å². The molecule has 0 unspecified atom stereocenters. The fraction of sp³-hybridized carbons (Fsp3) is 0.520. The van der Waals surface area contributed by atoms with Gasteiger partial charge in [0, 0.05) is 16.9 Å². The summed E-state index contributed by atoms with van der Waals surface area (Å²) in [6.45, 7) is 14.0. The van der Waals surface area contributed by atoms with Crippen LogP contribution in [0.5, 0.6) is 0 Å². The molecule has 0 spiro atoms. The number of anilines is 2. The molecule has 0 saturated carbocycles. The van der Waals surface area contributed by atoms with Gasteiger partial charge in [-0.05, 0) is 61.9 Å². The Morgan fingerprint density at radius 1 is 0.692 bits per heavy atom. The molecule has 0 N–H and O–H groups in total. The van der Waals surface area contributed by atoms with Crippen LogP contribution in [0.15, 0.2) is 54.6 Å². The van der Waals surface area contributed by atoms with Crippen molar-refractivity contribution >= 4 is 11.4 Å². The Morgan fingerprint density at radius 3 is 1.81 bits per heavy atom. The highest BCUT2D eigenvalue weighted by molar-refractivity contribution is 5.65. The molecule has 0 aromatic heterocycles. The van der Waals surface area contributed by atoms with Crippen molar-refractivity contribution < 1.29 is 0 Å². The number of para-hydroxylation sites is 1. The number of benzene rings is 2. The van der Waals surface area contributed by atoms with Crippen LogP contribution in [0.4, 0.5) is 11.4 Å². The minimum Gasteiger partial charge on any atom is -0.336 e. The smallest absolute Gasteiger partial charge is 0.0416 e. The number of rotatable bonds is 9. The van der Waals surface area contributed by atoms with Gasteiger partial charge in [-0.1, -0.05) is 77.3 Å². The average molecular weight is 352 g/mol. The predicted molar refractivity (Wildman–Crippen MR) is 117 cm³/mol. The molecule has 1 heteroatoms. The number of nitrogens with zero attached hydrogens (tertiary/aromatic N) is 1. The first-order valence-electron chi connectivity index (χ1n) is 10.3. The SMILES string of the molecule is CCCCC(C)(C)N(c1ccccc1)c1ccc(C(C)(C)CCC)cc1. The van der Waals surface area contributed by atoms with Crippen molar-refractivity contribution in [2.24, 2.45) is 0 Å². The van der Waals surface area contributed by atoms with Crippen LogP contribution in [0.2, 0.25) is 0 Å². The van der Waals surface area contributed by atoms with Gasteiger partial charge in [0.15, 0.2) is 0 Å². The maximum atomic E-state index is 2.51. The third-order valence-electron chi connectivity index (χ3n) is 5.54. The maximum absolute atomic E-state index is 2.51. The van der Waals surface area contributed by atoms with Crippen molar-refractivity contribution in [1.29, 1.82) is 0 Å². The molecule has 0 heterocycles. The Morgan fingerprint density at radius 2 is 1.27 bits per heavy atom. The fourth-order valence-corrected chi connectivity index (χ4v) is 3.98. The first-order chi connectivity index (χ1) is 12.3. The summed E-state index contributed by atoms with van der Waals surface area (Å²) in [7, 11) is 0. The van der Waals surface area contributed by atoms with Crippen LogP contribution in [0, 0.1) is 0 Å². The van der Waals surface area contributed by atoms with Crippen LogP contribution in [-0.2, 0) is 5.41 Å². The zero-order chi connectivity index (χ0) is 19.2. The molecule has 2 aromatic carbocycles.